The smallest absolute Gasteiger partial charge is 0.255 e. The lowest BCUT2D eigenvalue weighted by atomic mass is 9.88. The highest BCUT2D eigenvalue weighted by molar-refractivity contribution is 6.46. The second-order valence-corrected chi connectivity index (χ2v) is 9.44. The van der Waals surface area contributed by atoms with E-state index in [0.717, 1.165) is 17.7 Å². The Bertz CT molecular complexity index is 1460. The van der Waals surface area contributed by atoms with Gasteiger partial charge in [-0.05, 0) is 54.8 Å². The number of nitrogens with one attached hydrogen (secondary N) is 1. The van der Waals surface area contributed by atoms with Crippen molar-refractivity contribution in [3.8, 4) is 0 Å². The molecule has 0 saturated heterocycles. The van der Waals surface area contributed by atoms with Gasteiger partial charge < -0.3 is 16.8 Å². The lowest BCUT2D eigenvalue weighted by Crippen LogP contribution is -2.28. The van der Waals surface area contributed by atoms with Gasteiger partial charge in [0.2, 0.25) is 17.3 Å². The molecule has 9 nitrogen and oxygen atoms in total. The van der Waals surface area contributed by atoms with E-state index in [-0.39, 0.29) is 23.6 Å². The van der Waals surface area contributed by atoms with Crippen LogP contribution in [-0.4, -0.2) is 41.5 Å². The number of anilines is 1. The molecule has 0 fully saturated rings. The number of hydrogen-bond acceptors (Lipinski definition) is 6. The van der Waals surface area contributed by atoms with Crippen LogP contribution in [0, 0.1) is 12.8 Å². The normalized spacial score (nSPS) is 11.4. The number of guanidine groups is 1. The van der Waals surface area contributed by atoms with E-state index in [1.807, 2.05) is 30.3 Å². The summed E-state index contributed by atoms with van der Waals surface area (Å²) in [4.78, 5) is 67.5. The Kier molecular flexibility index (Phi) is 9.80. The molecule has 3 aromatic carbocycles. The van der Waals surface area contributed by atoms with Crippen molar-refractivity contribution in [2.75, 3.05) is 11.9 Å². The van der Waals surface area contributed by atoms with E-state index in [2.05, 4.69) is 10.3 Å². The first-order chi connectivity index (χ1) is 18.6. The first kappa shape index (κ1) is 28.9. The predicted octanol–water partition coefficient (Wildman–Crippen LogP) is 3.76. The van der Waals surface area contributed by atoms with E-state index in [9.17, 15) is 24.0 Å². The fourth-order valence-corrected chi connectivity index (χ4v) is 4.27. The van der Waals surface area contributed by atoms with Crippen molar-refractivity contribution in [1.29, 1.82) is 0 Å². The predicted molar refractivity (Wildman–Crippen MR) is 151 cm³/mol. The molecular weight excluding hydrogens is 496 g/mol. The summed E-state index contributed by atoms with van der Waals surface area (Å²) in [6.45, 7) is 3.25. The second-order valence-electron chi connectivity index (χ2n) is 9.44. The summed E-state index contributed by atoms with van der Waals surface area (Å²) in [5.74, 6) is -4.45. The molecule has 0 aliphatic heterocycles. The summed E-state index contributed by atoms with van der Waals surface area (Å²) >= 11 is 0. The van der Waals surface area contributed by atoms with Crippen molar-refractivity contribution in [2.45, 2.75) is 39.5 Å². The third-order valence-corrected chi connectivity index (χ3v) is 6.34. The molecule has 0 aliphatic rings. The van der Waals surface area contributed by atoms with Gasteiger partial charge in [-0.15, -0.1) is 0 Å². The SMILES string of the molecule is CC(=O)C(=O)C(CCCCN=C(N)N)CC(=O)C(=O)c1cc(C)ccc1NC(=O)c1ccc2ccccc2c1. The van der Waals surface area contributed by atoms with E-state index >= 15 is 0 Å². The van der Waals surface area contributed by atoms with Gasteiger partial charge in [0.25, 0.3) is 5.91 Å². The fourth-order valence-electron chi connectivity index (χ4n) is 4.27. The van der Waals surface area contributed by atoms with E-state index in [1.54, 1.807) is 31.2 Å². The average Bonchev–Trinajstić information content (AvgIpc) is 2.91. The highest BCUT2D eigenvalue weighted by atomic mass is 16.2. The summed E-state index contributed by atoms with van der Waals surface area (Å²) in [5.41, 5.74) is 11.9. The lowest BCUT2D eigenvalue weighted by molar-refractivity contribution is -0.138. The average molecular weight is 529 g/mol. The maximum atomic E-state index is 13.2. The highest BCUT2D eigenvalue weighted by Gasteiger charge is 2.29. The molecule has 0 heterocycles. The van der Waals surface area contributed by atoms with Gasteiger partial charge in [0.15, 0.2) is 11.7 Å². The van der Waals surface area contributed by atoms with E-state index < -0.39 is 41.4 Å². The second kappa shape index (κ2) is 13.2. The minimum absolute atomic E-state index is 0.0240. The Balaban J connectivity index is 1.77. The Labute approximate surface area is 226 Å². The van der Waals surface area contributed by atoms with Crippen LogP contribution in [0.15, 0.2) is 65.7 Å². The van der Waals surface area contributed by atoms with Crippen LogP contribution >= 0.6 is 0 Å². The quantitative estimate of drug-likeness (QED) is 0.1000. The van der Waals surface area contributed by atoms with Gasteiger partial charge in [0, 0.05) is 36.9 Å². The topological polar surface area (TPSA) is 162 Å². The number of carbonyl (C=O) groups excluding carboxylic acids is 5. The summed E-state index contributed by atoms with van der Waals surface area (Å²) in [6, 6.07) is 17.7. The molecule has 3 aromatic rings. The van der Waals surface area contributed by atoms with Gasteiger partial charge in [-0.25, -0.2) is 0 Å². The van der Waals surface area contributed by atoms with Crippen LogP contribution in [0.25, 0.3) is 10.8 Å². The molecule has 1 unspecified atom stereocenters. The number of unbranched alkanes of at least 4 members (excludes halogenated alkanes) is 1. The number of benzene rings is 3. The van der Waals surface area contributed by atoms with Crippen molar-refractivity contribution < 1.29 is 24.0 Å². The molecule has 1 amide bonds. The molecule has 0 radical (unpaired) electrons. The molecule has 0 saturated carbocycles. The third kappa shape index (κ3) is 7.91. The number of nitrogens with two attached hydrogens (primary N) is 2. The van der Waals surface area contributed by atoms with E-state index in [1.165, 1.54) is 6.07 Å². The lowest BCUT2D eigenvalue weighted by Gasteiger charge is -2.15. The van der Waals surface area contributed by atoms with Crippen LogP contribution in [0.5, 0.6) is 0 Å². The summed E-state index contributed by atoms with van der Waals surface area (Å²) in [7, 11) is 0. The molecule has 0 aliphatic carbocycles. The van der Waals surface area contributed by atoms with Crippen LogP contribution in [0.2, 0.25) is 0 Å². The minimum atomic E-state index is -0.932. The van der Waals surface area contributed by atoms with Crippen molar-refractivity contribution in [2.24, 2.45) is 22.4 Å². The zero-order chi connectivity index (χ0) is 28.5. The van der Waals surface area contributed by atoms with Crippen LogP contribution in [0.1, 0.15) is 58.9 Å². The number of ketones is 4. The van der Waals surface area contributed by atoms with Crippen LogP contribution in [0.3, 0.4) is 0 Å². The summed E-state index contributed by atoms with van der Waals surface area (Å²) in [6.07, 6.45) is 0.854. The highest BCUT2D eigenvalue weighted by Crippen LogP contribution is 2.23. The maximum absolute atomic E-state index is 13.2. The number of Topliss-reactive ketones (excluding diaryl/α,β-unsaturated/α-hetero) is 4. The molecule has 39 heavy (non-hydrogen) atoms. The minimum Gasteiger partial charge on any atom is -0.370 e. The van der Waals surface area contributed by atoms with Gasteiger partial charge in [-0.3, -0.25) is 29.0 Å². The molecule has 202 valence electrons. The summed E-state index contributed by atoms with van der Waals surface area (Å²) in [5, 5.41) is 4.61. The number of aliphatic imine (C=N–C) groups is 1. The van der Waals surface area contributed by atoms with Gasteiger partial charge in [-0.2, -0.15) is 0 Å². The van der Waals surface area contributed by atoms with Gasteiger partial charge in [0.05, 0.1) is 5.69 Å². The fraction of sp³-hybridized carbons (Fsp3) is 0.267. The standard InChI is InChI=1S/C30H32N4O5/c1-18-10-13-25(34-29(39)23-12-11-20-7-3-4-8-21(20)16-23)24(15-18)28(38)26(36)17-22(27(37)19(2)35)9-5-6-14-33-30(31)32/h3-4,7-8,10-13,15-16,22H,5-6,9,14,17H2,1-2H3,(H,34,39)(H4,31,32,33). The van der Waals surface area contributed by atoms with Crippen molar-refractivity contribution >= 4 is 51.5 Å². The number of amides is 1. The van der Waals surface area contributed by atoms with Crippen LogP contribution < -0.4 is 16.8 Å². The molecule has 1 atom stereocenters. The van der Waals surface area contributed by atoms with E-state index in [4.69, 9.17) is 11.5 Å². The monoisotopic (exact) mass is 528 g/mol. The Morgan fingerprint density at radius 1 is 0.897 bits per heavy atom. The number of rotatable bonds is 13. The van der Waals surface area contributed by atoms with Crippen LogP contribution in [-0.2, 0) is 14.4 Å². The van der Waals surface area contributed by atoms with E-state index in [0.29, 0.717) is 30.5 Å². The van der Waals surface area contributed by atoms with Crippen LogP contribution in [0.4, 0.5) is 5.69 Å². The first-order valence-electron chi connectivity index (χ1n) is 12.6. The molecule has 0 bridgehead atoms. The number of nitrogens with zero attached hydrogens (tertiary/aromatic N) is 1. The Hall–Kier alpha value is -4.66. The molecule has 0 spiro atoms. The third-order valence-electron chi connectivity index (χ3n) is 6.34. The molecule has 9 heteroatoms. The zero-order valence-corrected chi connectivity index (χ0v) is 22.0. The van der Waals surface area contributed by atoms with Crippen molar-refractivity contribution in [3.63, 3.8) is 0 Å². The largest absolute Gasteiger partial charge is 0.370 e. The maximum Gasteiger partial charge on any atom is 0.255 e. The molecule has 0 aromatic heterocycles. The zero-order valence-electron chi connectivity index (χ0n) is 22.0. The number of carbonyl (C=O) groups is 5. The van der Waals surface area contributed by atoms with Gasteiger partial charge in [0.1, 0.15) is 0 Å². The van der Waals surface area contributed by atoms with Gasteiger partial charge in [-0.1, -0.05) is 48.4 Å². The molecule has 5 N–H and O–H groups in total. The first-order valence-corrected chi connectivity index (χ1v) is 12.6. The molecular formula is C30H32N4O5. The number of fused-ring (bicyclic) bond motifs is 1. The number of aryl methyl sites for hydroxylation is 1. The molecule has 3 rings (SSSR count). The summed E-state index contributed by atoms with van der Waals surface area (Å²) < 4.78 is 0. The van der Waals surface area contributed by atoms with Crippen molar-refractivity contribution in [1.82, 2.24) is 0 Å². The Morgan fingerprint density at radius 3 is 2.31 bits per heavy atom. The number of hydrogen-bond donors (Lipinski definition) is 3. The Morgan fingerprint density at radius 2 is 1.62 bits per heavy atom. The van der Waals surface area contributed by atoms with Crippen molar-refractivity contribution in [3.05, 3.63) is 77.4 Å². The van der Waals surface area contributed by atoms with Gasteiger partial charge >= 0.3 is 0 Å².